The van der Waals surface area contributed by atoms with E-state index in [1.54, 1.807) is 0 Å². The molecule has 1 atom stereocenters. The third-order valence-electron chi connectivity index (χ3n) is 1.85. The second-order valence-electron chi connectivity index (χ2n) is 2.72. The highest BCUT2D eigenvalue weighted by atomic mass is 127. The first kappa shape index (κ1) is 9.01. The van der Waals surface area contributed by atoms with Crippen molar-refractivity contribution >= 4 is 45.2 Å². The Labute approximate surface area is 98.1 Å². The summed E-state index contributed by atoms with van der Waals surface area (Å²) in [5, 5.41) is 0. The van der Waals surface area contributed by atoms with Crippen LogP contribution in [0.1, 0.15) is 11.6 Å². The first-order valence-corrected chi connectivity index (χ1v) is 5.71. The molecular formula is C8H7I2NO. The molecule has 2 rings (SSSR count). The molecule has 1 aromatic rings. The Morgan fingerprint density at radius 3 is 2.92 bits per heavy atom. The monoisotopic (exact) mass is 387 g/mol. The molecule has 0 bridgehead atoms. The molecule has 0 saturated heterocycles. The van der Waals surface area contributed by atoms with Crippen molar-refractivity contribution in [2.24, 2.45) is 5.73 Å². The zero-order chi connectivity index (χ0) is 8.72. The third kappa shape index (κ3) is 1.44. The van der Waals surface area contributed by atoms with Crippen molar-refractivity contribution in [1.82, 2.24) is 0 Å². The first-order valence-electron chi connectivity index (χ1n) is 3.56. The summed E-state index contributed by atoms with van der Waals surface area (Å²) in [5.74, 6) is 0.957. The SMILES string of the molecule is N[C@@H]1COc2cc(I)cc(I)c21. The molecule has 0 fully saturated rings. The van der Waals surface area contributed by atoms with Crippen molar-refractivity contribution < 1.29 is 4.74 Å². The molecule has 0 unspecified atom stereocenters. The lowest BCUT2D eigenvalue weighted by atomic mass is 10.1. The van der Waals surface area contributed by atoms with Crippen molar-refractivity contribution in [2.75, 3.05) is 6.61 Å². The Bertz CT molecular complexity index is 327. The fraction of sp³-hybridized carbons (Fsp3) is 0.250. The summed E-state index contributed by atoms with van der Waals surface area (Å²) in [6.07, 6.45) is 0. The van der Waals surface area contributed by atoms with Crippen LogP contribution in [0.5, 0.6) is 5.75 Å². The molecule has 1 aliphatic rings. The normalized spacial score (nSPS) is 20.4. The van der Waals surface area contributed by atoms with Gasteiger partial charge in [0.15, 0.2) is 0 Å². The summed E-state index contributed by atoms with van der Waals surface area (Å²) in [4.78, 5) is 0. The van der Waals surface area contributed by atoms with Gasteiger partial charge in [-0.2, -0.15) is 0 Å². The quantitative estimate of drug-likeness (QED) is 0.694. The Balaban J connectivity index is 2.60. The lowest BCUT2D eigenvalue weighted by Crippen LogP contribution is -2.11. The highest BCUT2D eigenvalue weighted by Gasteiger charge is 2.23. The Morgan fingerprint density at radius 2 is 2.17 bits per heavy atom. The Hall–Kier alpha value is 0.440. The highest BCUT2D eigenvalue weighted by molar-refractivity contribution is 14.1. The van der Waals surface area contributed by atoms with Crippen LogP contribution in [-0.4, -0.2) is 6.61 Å². The molecule has 0 aliphatic carbocycles. The number of nitrogens with two attached hydrogens (primary N) is 1. The molecule has 2 nitrogen and oxygen atoms in total. The van der Waals surface area contributed by atoms with Gasteiger partial charge in [0, 0.05) is 12.7 Å². The van der Waals surface area contributed by atoms with Crippen LogP contribution in [-0.2, 0) is 0 Å². The van der Waals surface area contributed by atoms with Crippen molar-refractivity contribution in [3.05, 3.63) is 24.8 Å². The fourth-order valence-corrected chi connectivity index (χ4v) is 3.49. The molecule has 0 aromatic heterocycles. The molecule has 2 N–H and O–H groups in total. The molecule has 0 spiro atoms. The Morgan fingerprint density at radius 1 is 1.42 bits per heavy atom. The van der Waals surface area contributed by atoms with E-state index in [0.717, 1.165) is 11.3 Å². The van der Waals surface area contributed by atoms with Gasteiger partial charge < -0.3 is 10.5 Å². The van der Waals surface area contributed by atoms with Gasteiger partial charge in [-0.3, -0.25) is 0 Å². The van der Waals surface area contributed by atoms with Crippen LogP contribution >= 0.6 is 45.2 Å². The van der Waals surface area contributed by atoms with Gasteiger partial charge in [0.1, 0.15) is 12.4 Å². The fourth-order valence-electron chi connectivity index (χ4n) is 1.30. The minimum atomic E-state index is 0.0592. The number of hydrogen-bond donors (Lipinski definition) is 1. The minimum Gasteiger partial charge on any atom is -0.491 e. The van der Waals surface area contributed by atoms with E-state index in [1.165, 1.54) is 7.14 Å². The Kier molecular flexibility index (Phi) is 2.48. The summed E-state index contributed by atoms with van der Waals surface area (Å²) in [6.45, 7) is 0.616. The summed E-state index contributed by atoms with van der Waals surface area (Å²) < 4.78 is 7.84. The van der Waals surface area contributed by atoms with Crippen LogP contribution in [0.4, 0.5) is 0 Å². The van der Waals surface area contributed by atoms with E-state index >= 15 is 0 Å². The lowest BCUT2D eigenvalue weighted by molar-refractivity contribution is 0.333. The summed E-state index contributed by atoms with van der Waals surface area (Å²) in [5.41, 5.74) is 7.03. The molecule has 0 amide bonds. The molecule has 1 aliphatic heterocycles. The van der Waals surface area contributed by atoms with E-state index in [0.29, 0.717) is 6.61 Å². The van der Waals surface area contributed by atoms with Crippen LogP contribution in [0.15, 0.2) is 12.1 Å². The maximum atomic E-state index is 5.87. The zero-order valence-electron chi connectivity index (χ0n) is 6.18. The third-order valence-corrected chi connectivity index (χ3v) is 3.36. The molecule has 1 heterocycles. The topological polar surface area (TPSA) is 35.2 Å². The predicted molar refractivity (Wildman–Crippen MR) is 64.3 cm³/mol. The van der Waals surface area contributed by atoms with E-state index in [1.807, 2.05) is 6.07 Å². The standard InChI is InChI=1S/C8H7I2NO/c9-4-1-5(10)8-6(11)3-12-7(8)2-4/h1-2,6H,3,11H2/t6-/m1/s1. The van der Waals surface area contributed by atoms with E-state index in [9.17, 15) is 0 Å². The zero-order valence-corrected chi connectivity index (χ0v) is 10.5. The van der Waals surface area contributed by atoms with Gasteiger partial charge in [0.25, 0.3) is 0 Å². The second-order valence-corrected chi connectivity index (χ2v) is 5.12. The number of hydrogen-bond acceptors (Lipinski definition) is 2. The largest absolute Gasteiger partial charge is 0.491 e. The number of fused-ring (bicyclic) bond motifs is 1. The van der Waals surface area contributed by atoms with Gasteiger partial charge in [-0.15, -0.1) is 0 Å². The van der Waals surface area contributed by atoms with E-state index in [-0.39, 0.29) is 6.04 Å². The summed E-state index contributed by atoms with van der Waals surface area (Å²) in [6, 6.07) is 4.21. The van der Waals surface area contributed by atoms with Gasteiger partial charge in [-0.1, -0.05) is 0 Å². The minimum absolute atomic E-state index is 0.0592. The highest BCUT2D eigenvalue weighted by Crippen LogP contribution is 2.35. The average Bonchev–Trinajstić information content (AvgIpc) is 2.31. The van der Waals surface area contributed by atoms with Crippen molar-refractivity contribution in [3.63, 3.8) is 0 Å². The molecule has 0 radical (unpaired) electrons. The van der Waals surface area contributed by atoms with Gasteiger partial charge in [-0.05, 0) is 57.3 Å². The van der Waals surface area contributed by atoms with Crippen LogP contribution in [0, 0.1) is 7.14 Å². The van der Waals surface area contributed by atoms with Crippen molar-refractivity contribution in [3.8, 4) is 5.75 Å². The first-order chi connectivity index (χ1) is 5.68. The molecule has 1 aromatic carbocycles. The van der Waals surface area contributed by atoms with Crippen LogP contribution in [0.2, 0.25) is 0 Å². The summed E-state index contributed by atoms with van der Waals surface area (Å²) in [7, 11) is 0. The number of ether oxygens (including phenoxy) is 1. The summed E-state index contributed by atoms with van der Waals surface area (Å²) >= 11 is 4.58. The predicted octanol–water partition coefficient (Wildman–Crippen LogP) is 2.29. The van der Waals surface area contributed by atoms with E-state index in [2.05, 4.69) is 51.2 Å². The van der Waals surface area contributed by atoms with E-state index in [4.69, 9.17) is 10.5 Å². The molecule has 0 saturated carbocycles. The molecule has 12 heavy (non-hydrogen) atoms. The van der Waals surface area contributed by atoms with Gasteiger partial charge in [0.05, 0.1) is 6.04 Å². The van der Waals surface area contributed by atoms with Crippen LogP contribution < -0.4 is 10.5 Å². The van der Waals surface area contributed by atoms with E-state index < -0.39 is 0 Å². The van der Waals surface area contributed by atoms with Gasteiger partial charge in [0.2, 0.25) is 0 Å². The van der Waals surface area contributed by atoms with Gasteiger partial charge in [-0.25, -0.2) is 0 Å². The molecule has 64 valence electrons. The number of halogens is 2. The van der Waals surface area contributed by atoms with Crippen molar-refractivity contribution in [2.45, 2.75) is 6.04 Å². The van der Waals surface area contributed by atoms with Crippen molar-refractivity contribution in [1.29, 1.82) is 0 Å². The maximum absolute atomic E-state index is 5.87. The smallest absolute Gasteiger partial charge is 0.126 e. The second kappa shape index (κ2) is 3.30. The van der Waals surface area contributed by atoms with Crippen LogP contribution in [0.25, 0.3) is 0 Å². The maximum Gasteiger partial charge on any atom is 0.126 e. The number of rotatable bonds is 0. The molecular weight excluding hydrogens is 380 g/mol. The number of benzene rings is 1. The van der Waals surface area contributed by atoms with Crippen LogP contribution in [0.3, 0.4) is 0 Å². The van der Waals surface area contributed by atoms with Gasteiger partial charge >= 0.3 is 0 Å². The average molecular weight is 387 g/mol. The molecule has 4 heteroatoms. The lowest BCUT2D eigenvalue weighted by Gasteiger charge is -2.04.